The molecule has 8 aliphatic rings. The minimum atomic E-state index is -1.57. The first-order valence-electron chi connectivity index (χ1n) is 43.9. The van der Waals surface area contributed by atoms with E-state index in [0.717, 1.165) is 0 Å². The lowest BCUT2D eigenvalue weighted by Gasteiger charge is -2.82. The van der Waals surface area contributed by atoms with E-state index < -0.39 is 173 Å². The molecule has 8 fully saturated rings. The van der Waals surface area contributed by atoms with Crippen LogP contribution in [0.2, 0.25) is 0 Å². The van der Waals surface area contributed by atoms with Gasteiger partial charge in [0, 0.05) is 143 Å². The number of amides is 11. The molecule has 43 heteroatoms. The second-order valence-electron chi connectivity index (χ2n) is 35.8. The number of ether oxygens (including phenoxy) is 10. The molecule has 714 valence electrons. The minimum Gasteiger partial charge on any atom is -0.396 e. The van der Waals surface area contributed by atoms with Crippen molar-refractivity contribution in [3.8, 4) is 0 Å². The van der Waals surface area contributed by atoms with Crippen molar-refractivity contribution in [3.05, 3.63) is 0 Å². The van der Waals surface area contributed by atoms with Crippen LogP contribution in [0.4, 0.5) is 0 Å². The molecule has 22 N–H and O–H groups in total. The number of rotatable bonds is 64. The van der Waals surface area contributed by atoms with E-state index in [-0.39, 0.29) is 210 Å². The van der Waals surface area contributed by atoms with Gasteiger partial charge in [0.05, 0.1) is 118 Å². The van der Waals surface area contributed by atoms with E-state index in [1.54, 1.807) is 20.8 Å². The molecule has 0 aromatic heterocycles. The van der Waals surface area contributed by atoms with Crippen LogP contribution in [0.1, 0.15) is 177 Å². The van der Waals surface area contributed by atoms with Crippen molar-refractivity contribution in [1.82, 2.24) is 58.5 Å². The molecule has 125 heavy (non-hydrogen) atoms. The van der Waals surface area contributed by atoms with Crippen LogP contribution >= 0.6 is 0 Å². The lowest BCUT2D eigenvalue weighted by atomic mass is 9.32. The number of hydrogen-bond acceptors (Lipinski definition) is 32. The molecule has 5 saturated carbocycles. The summed E-state index contributed by atoms with van der Waals surface area (Å²) >= 11 is 0. The van der Waals surface area contributed by atoms with Crippen LogP contribution in [0.25, 0.3) is 0 Å². The van der Waals surface area contributed by atoms with Crippen molar-refractivity contribution in [2.24, 2.45) is 39.4 Å². The van der Waals surface area contributed by atoms with Gasteiger partial charge in [0.15, 0.2) is 18.9 Å². The third-order valence-corrected chi connectivity index (χ3v) is 26.0. The van der Waals surface area contributed by atoms with Gasteiger partial charge in [-0.05, 0) is 103 Å². The fourth-order valence-corrected chi connectivity index (χ4v) is 18.9. The van der Waals surface area contributed by atoms with Crippen molar-refractivity contribution in [2.75, 3.05) is 138 Å². The van der Waals surface area contributed by atoms with Crippen LogP contribution < -0.4 is 64.4 Å². The van der Waals surface area contributed by atoms with Gasteiger partial charge < -0.3 is 152 Å². The van der Waals surface area contributed by atoms with Crippen LogP contribution in [0.5, 0.6) is 0 Å². The third-order valence-electron chi connectivity index (χ3n) is 26.0. The number of nitrogens with two attached hydrogens (primary N) is 1. The average Bonchev–Trinajstić information content (AvgIpc) is 0.627. The third kappa shape index (κ3) is 24.1. The summed E-state index contributed by atoms with van der Waals surface area (Å²) in [4.78, 5) is 146. The summed E-state index contributed by atoms with van der Waals surface area (Å²) in [6.45, 7) is 12.0. The minimum absolute atomic E-state index is 0.0742. The summed E-state index contributed by atoms with van der Waals surface area (Å²) in [7, 11) is 0. The van der Waals surface area contributed by atoms with Gasteiger partial charge in [-0.25, -0.2) is 5.90 Å². The Morgan fingerprint density at radius 3 is 1.17 bits per heavy atom. The average molecular weight is 1790 g/mol. The van der Waals surface area contributed by atoms with Gasteiger partial charge in [-0.15, -0.1) is 0 Å². The van der Waals surface area contributed by atoms with Crippen molar-refractivity contribution in [3.63, 3.8) is 0 Å². The monoisotopic (exact) mass is 1790 g/mol. The predicted octanol–water partition coefficient (Wildman–Crippen LogP) is -5.90. The van der Waals surface area contributed by atoms with Crippen LogP contribution in [0.3, 0.4) is 0 Å². The fourth-order valence-electron chi connectivity index (χ4n) is 18.9. The molecule has 0 aromatic carbocycles. The Morgan fingerprint density at radius 1 is 0.440 bits per heavy atom. The van der Waals surface area contributed by atoms with E-state index >= 15 is 0 Å². The number of carbonyl (C=O) groups is 11. The maximum Gasteiger partial charge on any atom is 0.252 e. The van der Waals surface area contributed by atoms with Crippen LogP contribution in [-0.4, -0.2) is 351 Å². The van der Waals surface area contributed by atoms with Crippen molar-refractivity contribution in [1.29, 1.82) is 0 Å². The summed E-state index contributed by atoms with van der Waals surface area (Å²) in [5, 5.41) is 124. The molecule has 21 unspecified atom stereocenters. The largest absolute Gasteiger partial charge is 0.396 e. The van der Waals surface area contributed by atoms with E-state index in [4.69, 9.17) is 53.3 Å². The molecule has 3 aliphatic heterocycles. The van der Waals surface area contributed by atoms with Gasteiger partial charge >= 0.3 is 0 Å². The Morgan fingerprint density at radius 2 is 0.816 bits per heavy atom. The van der Waals surface area contributed by atoms with Crippen LogP contribution in [-0.2, 0) is 105 Å². The lowest BCUT2D eigenvalue weighted by molar-refractivity contribution is -0.496. The van der Waals surface area contributed by atoms with Crippen molar-refractivity contribution < 1.29 is 151 Å². The molecule has 0 aromatic rings. The first-order valence-corrected chi connectivity index (χ1v) is 43.9. The number of hydrogen-bond donors (Lipinski definition) is 21. The predicted molar refractivity (Wildman–Crippen MR) is 437 cm³/mol. The molecule has 0 radical (unpaired) electrons. The van der Waals surface area contributed by atoms with E-state index in [1.165, 1.54) is 20.8 Å². The van der Waals surface area contributed by atoms with Crippen LogP contribution in [0, 0.1) is 33.5 Å². The zero-order valence-electron chi connectivity index (χ0n) is 73.5. The Bertz CT molecular complexity index is 3470. The molecule has 8 rings (SSSR count). The van der Waals surface area contributed by atoms with Gasteiger partial charge in [0.2, 0.25) is 59.1 Å². The Balaban J connectivity index is 0.792. The Kier molecular flexibility index (Phi) is 38.8. The fraction of sp³-hybridized carbons (Fsp3) is 0.866. The summed E-state index contributed by atoms with van der Waals surface area (Å²) < 4.78 is 60.4. The second-order valence-corrected chi connectivity index (χ2v) is 35.8. The maximum absolute atomic E-state index is 14.9. The first kappa shape index (κ1) is 104. The summed E-state index contributed by atoms with van der Waals surface area (Å²) in [5.41, 5.74) is -10.1. The maximum atomic E-state index is 14.9. The van der Waals surface area contributed by atoms with Gasteiger partial charge in [0.25, 0.3) is 5.91 Å². The van der Waals surface area contributed by atoms with Gasteiger partial charge in [-0.2, -0.15) is 0 Å². The number of aliphatic hydroxyl groups excluding tert-OH is 9. The zero-order valence-corrected chi connectivity index (χ0v) is 73.5. The molecular weight excluding hydrogens is 1650 g/mol. The first-order chi connectivity index (χ1) is 59.4. The second kappa shape index (κ2) is 46.7. The molecule has 3 heterocycles. The Hall–Kier alpha value is -6.67. The molecule has 0 bridgehead atoms. The molecule has 0 spiro atoms. The van der Waals surface area contributed by atoms with Crippen LogP contribution in [0.15, 0.2) is 0 Å². The summed E-state index contributed by atoms with van der Waals surface area (Å²) in [6, 6.07) is 0. The standard InChI is InChI=1S/C82H140N12O31/c1-9-75(7,121-40-26-74(5,6)25-33-90-59(108)42-122-83)70(114)94-77(46-115-37-22-56(105)87-30-16-27-84-53(102)19-10-13-34-118-71-76(8,91-49(2)98)67(123-71)78(43-95)41-52(101)64(78)111,47-116-38-23-57(106)88-31-17-28-85-54(103)20-11-14-35-119-72-81(92-50(3)99)62-60(109)65(112)79(62,44-96)68(81)124-72)48-117-39-24-58(107)89-32-18-29-86-55(104)21-12-15-36-120-73-82(93-51(4)100)63-61(110)66(113)80(63,45-97)69(82)125-73/h52,60-69,71-73,95-97,101,109-113H,9-48,83H2,1-8H3,(H,84,102)(H,85,103)(H,86,104)(H,87,105)(H,88,106)(H,89,107)(H,90,108)(H,91,98)(H,92,99)(H,93,100)(H,94,114). The smallest absolute Gasteiger partial charge is 0.252 e. The highest BCUT2D eigenvalue weighted by molar-refractivity contribution is 5.86. The summed E-state index contributed by atoms with van der Waals surface area (Å²) in [6.07, 6.45) is -7.06. The summed E-state index contributed by atoms with van der Waals surface area (Å²) in [5.74, 6) is -0.298. The quantitative estimate of drug-likeness (QED) is 0.0199. The highest BCUT2D eigenvalue weighted by Gasteiger charge is 2.92. The highest BCUT2D eigenvalue weighted by Crippen LogP contribution is 2.74. The number of unbranched alkanes of at least 4 members (excludes halogenated alkanes) is 3. The van der Waals surface area contributed by atoms with E-state index in [0.29, 0.717) is 77.2 Å². The number of fused-ring (bicyclic) bond motifs is 8. The Labute approximate surface area is 728 Å². The molecular formula is C82H140N12O31. The topological polar surface area (TPSA) is 630 Å². The molecule has 11 amide bonds. The normalized spacial score (nSPS) is 31.4. The number of aliphatic hydroxyl groups is 9. The van der Waals surface area contributed by atoms with Crippen molar-refractivity contribution in [2.45, 2.75) is 279 Å². The zero-order chi connectivity index (χ0) is 91.8. The molecule has 3 saturated heterocycles. The van der Waals surface area contributed by atoms with Gasteiger partial charge in [-0.1, -0.05) is 20.8 Å². The van der Waals surface area contributed by atoms with Gasteiger partial charge in [0.1, 0.15) is 46.6 Å². The number of carbonyl (C=O) groups excluding carboxylic acids is 11. The molecule has 43 nitrogen and oxygen atoms in total. The highest BCUT2D eigenvalue weighted by atomic mass is 16.7. The number of nitrogens with one attached hydrogen (secondary N) is 11. The molecule has 21 atom stereocenters. The van der Waals surface area contributed by atoms with E-state index in [1.807, 2.05) is 13.8 Å². The van der Waals surface area contributed by atoms with Gasteiger partial charge in [-0.3, -0.25) is 57.6 Å². The lowest BCUT2D eigenvalue weighted by Crippen LogP contribution is -3.01. The van der Waals surface area contributed by atoms with Crippen molar-refractivity contribution >= 4 is 65.0 Å². The SMILES string of the molecule is CCC(C)(OCCC(C)(C)CCNC(=O)CON)C(=O)NC(COCCC(=O)NCCCNC(=O)CCCCOC1OC(C2(CO)CC(O)C2O)C1(C)NC(C)=O)(COCCC(=O)NCCCNC(=O)CCCCOC1OC2C3(CO)C(O)C(O)C3C12NC(C)=O)COCCC(=O)NCCCNC(=O)CCCCOC1OC2C3(CO)C(O)C(O)C3C12NC(C)=O. The molecule has 5 aliphatic carbocycles. The van der Waals surface area contributed by atoms with E-state index in [2.05, 4.69) is 63.3 Å². The van der Waals surface area contributed by atoms with E-state index in [9.17, 15) is 98.7 Å².